The number of nitrogens with one attached hydrogen (secondary N) is 2. The Morgan fingerprint density at radius 1 is 1.30 bits per heavy atom. The Kier molecular flexibility index (Phi) is 6.72. The Morgan fingerprint density at radius 2 is 1.95 bits per heavy atom. The Labute approximate surface area is 120 Å². The van der Waals surface area contributed by atoms with E-state index in [-0.39, 0.29) is 6.54 Å². The van der Waals surface area contributed by atoms with Crippen molar-refractivity contribution in [2.24, 2.45) is 0 Å². The summed E-state index contributed by atoms with van der Waals surface area (Å²) < 4.78 is 11.2. The van der Waals surface area contributed by atoms with Crippen LogP contribution in [0.15, 0.2) is 30.3 Å². The monoisotopic (exact) mass is 298 g/mol. The molecule has 0 aliphatic rings. The van der Waals surface area contributed by atoms with Crippen LogP contribution in [0.1, 0.15) is 18.5 Å². The van der Waals surface area contributed by atoms with E-state index >= 15 is 0 Å². The third-order valence-electron chi connectivity index (χ3n) is 2.59. The van der Waals surface area contributed by atoms with E-state index in [1.54, 1.807) is 37.3 Å². The molecule has 7 heteroatoms. The number of rotatable bonds is 7. The first kappa shape index (κ1) is 16.2. The summed E-state index contributed by atoms with van der Waals surface area (Å²) in [5.74, 6) is -0.249. The van der Waals surface area contributed by atoms with Crippen LogP contribution in [-0.2, 0) is 15.6 Å². The average Bonchev–Trinajstić information content (AvgIpc) is 2.45. The zero-order valence-electron chi connectivity index (χ0n) is 11.2. The predicted molar refractivity (Wildman–Crippen MR) is 76.9 cm³/mol. The molecule has 1 rings (SSSR count). The number of hydrogen-bond donors (Lipinski definition) is 3. The van der Waals surface area contributed by atoms with E-state index in [9.17, 15) is 13.8 Å². The van der Waals surface area contributed by atoms with Crippen LogP contribution in [0, 0.1) is 0 Å². The van der Waals surface area contributed by atoms with Gasteiger partial charge in [0.05, 0.1) is 0 Å². The quantitative estimate of drug-likeness (QED) is 0.696. The molecule has 2 amide bonds. The summed E-state index contributed by atoms with van der Waals surface area (Å²) in [6.07, 6.45) is 0. The van der Waals surface area contributed by atoms with Crippen LogP contribution >= 0.6 is 0 Å². The Morgan fingerprint density at radius 3 is 2.50 bits per heavy atom. The number of carbonyl (C=O) groups is 2. The standard InChI is InChI=1S/C13H18N2O4S/c1-2-20(19)9-8-14-13(18)15-11(12(16)17)10-6-4-3-5-7-10/h3-7,11H,2,8-9H2,1H3,(H,16,17)(H2,14,15,18)/t11-,20?/m1/s1. The number of aliphatic carboxylic acids is 1. The molecule has 0 spiro atoms. The molecule has 6 nitrogen and oxygen atoms in total. The van der Waals surface area contributed by atoms with Crippen molar-refractivity contribution in [2.45, 2.75) is 13.0 Å². The summed E-state index contributed by atoms with van der Waals surface area (Å²) >= 11 is 0. The van der Waals surface area contributed by atoms with Gasteiger partial charge in [-0.3, -0.25) is 4.21 Å². The van der Waals surface area contributed by atoms with E-state index in [0.717, 1.165) is 0 Å². The van der Waals surface area contributed by atoms with Gasteiger partial charge in [0.15, 0.2) is 6.04 Å². The third kappa shape index (κ3) is 5.40. The number of benzene rings is 1. The molecule has 110 valence electrons. The molecule has 0 saturated heterocycles. The highest BCUT2D eigenvalue weighted by molar-refractivity contribution is 7.84. The molecule has 0 aromatic heterocycles. The van der Waals surface area contributed by atoms with Crippen molar-refractivity contribution in [1.82, 2.24) is 10.6 Å². The molecule has 1 unspecified atom stereocenters. The van der Waals surface area contributed by atoms with Crippen LogP contribution in [0.4, 0.5) is 4.79 Å². The topological polar surface area (TPSA) is 95.5 Å². The Balaban J connectivity index is 2.53. The molecular formula is C13H18N2O4S. The minimum Gasteiger partial charge on any atom is -0.479 e. The highest BCUT2D eigenvalue weighted by atomic mass is 32.2. The number of urea groups is 1. The Bertz CT molecular complexity index is 479. The highest BCUT2D eigenvalue weighted by Gasteiger charge is 2.21. The summed E-state index contributed by atoms with van der Waals surface area (Å²) in [5, 5.41) is 14.0. The average molecular weight is 298 g/mol. The second-order valence-corrected chi connectivity index (χ2v) is 5.88. The SMILES string of the molecule is CCS(=O)CCNC(=O)N[C@@H](C(=O)O)c1ccccc1. The summed E-state index contributed by atoms with van der Waals surface area (Å²) in [6, 6.07) is 6.74. The number of amides is 2. The molecule has 0 heterocycles. The second kappa shape index (κ2) is 8.31. The molecule has 0 aliphatic carbocycles. The summed E-state index contributed by atoms with van der Waals surface area (Å²) in [7, 11) is -0.960. The Hall–Kier alpha value is -1.89. The van der Waals surface area contributed by atoms with Crippen molar-refractivity contribution in [1.29, 1.82) is 0 Å². The van der Waals surface area contributed by atoms with Gasteiger partial charge in [0.25, 0.3) is 0 Å². The van der Waals surface area contributed by atoms with Crippen molar-refractivity contribution in [2.75, 3.05) is 18.1 Å². The molecular weight excluding hydrogens is 280 g/mol. The molecule has 0 bridgehead atoms. The minimum absolute atomic E-state index is 0.243. The van der Waals surface area contributed by atoms with E-state index in [1.165, 1.54) is 0 Å². The zero-order chi connectivity index (χ0) is 15.0. The molecule has 0 aliphatic heterocycles. The number of hydrogen-bond acceptors (Lipinski definition) is 3. The molecule has 20 heavy (non-hydrogen) atoms. The number of carboxylic acids is 1. The molecule has 0 fully saturated rings. The lowest BCUT2D eigenvalue weighted by Gasteiger charge is -2.15. The van der Waals surface area contributed by atoms with Gasteiger partial charge in [-0.1, -0.05) is 37.3 Å². The smallest absolute Gasteiger partial charge is 0.330 e. The first-order valence-electron chi connectivity index (χ1n) is 6.21. The lowest BCUT2D eigenvalue weighted by atomic mass is 10.1. The maximum absolute atomic E-state index is 11.6. The summed E-state index contributed by atoms with van der Waals surface area (Å²) in [4.78, 5) is 22.8. The molecule has 0 radical (unpaired) electrons. The molecule has 1 aromatic carbocycles. The third-order valence-corrected chi connectivity index (χ3v) is 3.90. The lowest BCUT2D eigenvalue weighted by molar-refractivity contribution is -0.139. The largest absolute Gasteiger partial charge is 0.479 e. The maximum Gasteiger partial charge on any atom is 0.330 e. The second-order valence-electron chi connectivity index (χ2n) is 4.01. The van der Waals surface area contributed by atoms with Crippen molar-refractivity contribution in [3.05, 3.63) is 35.9 Å². The minimum atomic E-state index is -1.14. The van der Waals surface area contributed by atoms with E-state index in [4.69, 9.17) is 5.11 Å². The van der Waals surface area contributed by atoms with E-state index < -0.39 is 28.8 Å². The van der Waals surface area contributed by atoms with Crippen LogP contribution < -0.4 is 10.6 Å². The number of carboxylic acid groups (broad SMARTS) is 1. The van der Waals surface area contributed by atoms with Crippen LogP contribution in [0.5, 0.6) is 0 Å². The summed E-state index contributed by atoms with van der Waals surface area (Å²) in [5.41, 5.74) is 0.493. The van der Waals surface area contributed by atoms with Gasteiger partial charge in [0.1, 0.15) is 0 Å². The van der Waals surface area contributed by atoms with E-state index in [2.05, 4.69) is 10.6 Å². The van der Waals surface area contributed by atoms with Crippen LogP contribution in [0.3, 0.4) is 0 Å². The zero-order valence-corrected chi connectivity index (χ0v) is 12.0. The van der Waals surface area contributed by atoms with Crippen molar-refractivity contribution in [3.8, 4) is 0 Å². The first-order valence-corrected chi connectivity index (χ1v) is 7.70. The van der Waals surface area contributed by atoms with Gasteiger partial charge >= 0.3 is 12.0 Å². The van der Waals surface area contributed by atoms with E-state index in [1.807, 2.05) is 0 Å². The lowest BCUT2D eigenvalue weighted by Crippen LogP contribution is -2.42. The molecule has 0 saturated carbocycles. The van der Waals surface area contributed by atoms with Crippen LogP contribution in [0.2, 0.25) is 0 Å². The van der Waals surface area contributed by atoms with Gasteiger partial charge < -0.3 is 15.7 Å². The molecule has 2 atom stereocenters. The van der Waals surface area contributed by atoms with Crippen molar-refractivity contribution >= 4 is 22.8 Å². The predicted octanol–water partition coefficient (Wildman–Crippen LogP) is 0.880. The van der Waals surface area contributed by atoms with Crippen molar-refractivity contribution < 1.29 is 18.9 Å². The number of carbonyl (C=O) groups excluding carboxylic acids is 1. The van der Waals surface area contributed by atoms with Gasteiger partial charge in [-0.2, -0.15) is 0 Å². The maximum atomic E-state index is 11.6. The highest BCUT2D eigenvalue weighted by Crippen LogP contribution is 2.12. The van der Waals surface area contributed by atoms with Crippen LogP contribution in [0.25, 0.3) is 0 Å². The summed E-state index contributed by atoms with van der Waals surface area (Å²) in [6.45, 7) is 2.04. The van der Waals surface area contributed by atoms with E-state index in [0.29, 0.717) is 17.1 Å². The fourth-order valence-electron chi connectivity index (χ4n) is 1.54. The molecule has 1 aromatic rings. The van der Waals surface area contributed by atoms with Crippen molar-refractivity contribution in [3.63, 3.8) is 0 Å². The van der Waals surface area contributed by atoms with Gasteiger partial charge in [-0.25, -0.2) is 9.59 Å². The van der Waals surface area contributed by atoms with Gasteiger partial charge in [-0.05, 0) is 5.56 Å². The van der Waals surface area contributed by atoms with Gasteiger partial charge in [0, 0.05) is 28.9 Å². The van der Waals surface area contributed by atoms with Gasteiger partial charge in [-0.15, -0.1) is 0 Å². The normalized spacial score (nSPS) is 13.2. The molecule has 3 N–H and O–H groups in total. The fourth-order valence-corrected chi connectivity index (χ4v) is 2.16. The van der Waals surface area contributed by atoms with Gasteiger partial charge in [0.2, 0.25) is 0 Å². The fraction of sp³-hybridized carbons (Fsp3) is 0.385. The first-order chi connectivity index (χ1) is 9.54. The van der Waals surface area contributed by atoms with Crippen LogP contribution in [-0.4, -0.2) is 39.4 Å².